The smallest absolute Gasteiger partial charge is 0.153 e. The molecule has 62 valence electrons. The summed E-state index contributed by atoms with van der Waals surface area (Å²) in [6.07, 6.45) is 0.358. The Kier molecular flexibility index (Phi) is 2.28. The highest BCUT2D eigenvalue weighted by atomic mass is 19.1. The molecule has 0 aliphatic rings. The Hall–Kier alpha value is -1.58. The maximum Gasteiger partial charge on any atom is 0.153 e. The van der Waals surface area contributed by atoms with Gasteiger partial charge in [0.2, 0.25) is 0 Å². The number of benzene rings is 1. The molecule has 1 aromatic carbocycles. The molecule has 0 atom stereocenters. The van der Waals surface area contributed by atoms with E-state index >= 15 is 0 Å². The van der Waals surface area contributed by atoms with Crippen LogP contribution in [0.4, 0.5) is 10.1 Å². The van der Waals surface area contributed by atoms with Crippen LogP contribution in [0, 0.1) is 17.6 Å². The SMILES string of the molecule is Cc1cc(N=O)cc(C=O)c1F. The van der Waals surface area contributed by atoms with E-state index in [9.17, 15) is 14.1 Å². The van der Waals surface area contributed by atoms with E-state index < -0.39 is 5.82 Å². The first-order valence-corrected chi connectivity index (χ1v) is 3.27. The first-order valence-electron chi connectivity index (χ1n) is 3.27. The number of aldehydes is 1. The number of nitroso groups, excluding NO2 is 1. The molecular weight excluding hydrogens is 161 g/mol. The lowest BCUT2D eigenvalue weighted by molar-refractivity contribution is 0.111. The fraction of sp³-hybridized carbons (Fsp3) is 0.125. The first-order chi connectivity index (χ1) is 5.69. The molecule has 3 nitrogen and oxygen atoms in total. The molecule has 0 saturated heterocycles. The third-order valence-electron chi connectivity index (χ3n) is 1.50. The van der Waals surface area contributed by atoms with Crippen LogP contribution in [-0.2, 0) is 0 Å². The quantitative estimate of drug-likeness (QED) is 0.501. The zero-order valence-corrected chi connectivity index (χ0v) is 6.37. The summed E-state index contributed by atoms with van der Waals surface area (Å²) >= 11 is 0. The number of hydrogen-bond donors (Lipinski definition) is 0. The minimum Gasteiger partial charge on any atom is -0.298 e. The van der Waals surface area contributed by atoms with Gasteiger partial charge >= 0.3 is 0 Å². The average Bonchev–Trinajstić information content (AvgIpc) is 2.09. The second-order valence-electron chi connectivity index (χ2n) is 2.38. The van der Waals surface area contributed by atoms with E-state index in [1.165, 1.54) is 13.0 Å². The van der Waals surface area contributed by atoms with Gasteiger partial charge in [-0.25, -0.2) is 4.39 Å². The van der Waals surface area contributed by atoms with Gasteiger partial charge in [0, 0.05) is 0 Å². The number of nitrogens with zero attached hydrogens (tertiary/aromatic N) is 1. The molecule has 0 spiro atoms. The average molecular weight is 167 g/mol. The summed E-state index contributed by atoms with van der Waals surface area (Å²) in [5, 5.41) is 2.61. The van der Waals surface area contributed by atoms with Crippen LogP contribution in [0.25, 0.3) is 0 Å². The molecule has 0 radical (unpaired) electrons. The number of aryl methyl sites for hydroxylation is 1. The van der Waals surface area contributed by atoms with Gasteiger partial charge in [-0.3, -0.25) is 4.79 Å². The molecule has 0 aliphatic carbocycles. The molecule has 4 heteroatoms. The Morgan fingerprint density at radius 2 is 2.17 bits per heavy atom. The van der Waals surface area contributed by atoms with E-state index in [-0.39, 0.29) is 16.8 Å². The van der Waals surface area contributed by atoms with Crippen LogP contribution in [0.3, 0.4) is 0 Å². The lowest BCUT2D eigenvalue weighted by Crippen LogP contribution is -1.90. The van der Waals surface area contributed by atoms with Crippen molar-refractivity contribution in [1.82, 2.24) is 0 Å². The molecule has 0 unspecified atom stereocenters. The molecule has 0 heterocycles. The topological polar surface area (TPSA) is 46.5 Å². The molecular formula is C8H6FNO2. The van der Waals surface area contributed by atoms with E-state index in [4.69, 9.17) is 0 Å². The summed E-state index contributed by atoms with van der Waals surface area (Å²) in [6.45, 7) is 1.47. The maximum atomic E-state index is 12.9. The van der Waals surface area contributed by atoms with Crippen LogP contribution in [0.15, 0.2) is 17.3 Å². The molecule has 1 aromatic rings. The number of rotatable bonds is 2. The van der Waals surface area contributed by atoms with Crippen molar-refractivity contribution in [3.8, 4) is 0 Å². The van der Waals surface area contributed by atoms with Gasteiger partial charge in [-0.15, -0.1) is 4.91 Å². The van der Waals surface area contributed by atoms with Crippen LogP contribution >= 0.6 is 0 Å². The predicted octanol–water partition coefficient (Wildman–Crippen LogP) is 2.34. The fourth-order valence-electron chi connectivity index (χ4n) is 0.916. The molecule has 0 amide bonds. The first kappa shape index (κ1) is 8.52. The predicted molar refractivity (Wildman–Crippen MR) is 42.0 cm³/mol. The van der Waals surface area contributed by atoms with Crippen molar-refractivity contribution in [1.29, 1.82) is 0 Å². The van der Waals surface area contributed by atoms with Crippen molar-refractivity contribution in [2.45, 2.75) is 6.92 Å². The van der Waals surface area contributed by atoms with Crippen molar-refractivity contribution in [3.05, 3.63) is 34.0 Å². The normalized spacial score (nSPS) is 9.50. The van der Waals surface area contributed by atoms with Crippen LogP contribution in [0.2, 0.25) is 0 Å². The van der Waals surface area contributed by atoms with Crippen molar-refractivity contribution < 1.29 is 9.18 Å². The van der Waals surface area contributed by atoms with Gasteiger partial charge in [0.15, 0.2) is 6.29 Å². The van der Waals surface area contributed by atoms with Gasteiger partial charge in [-0.2, -0.15) is 0 Å². The number of hydrogen-bond acceptors (Lipinski definition) is 3. The van der Waals surface area contributed by atoms with Gasteiger partial charge in [-0.1, -0.05) is 0 Å². The van der Waals surface area contributed by atoms with Crippen LogP contribution in [-0.4, -0.2) is 6.29 Å². The van der Waals surface area contributed by atoms with Crippen molar-refractivity contribution in [3.63, 3.8) is 0 Å². The van der Waals surface area contributed by atoms with Crippen molar-refractivity contribution in [2.75, 3.05) is 0 Å². The highest BCUT2D eigenvalue weighted by Crippen LogP contribution is 2.19. The summed E-state index contributed by atoms with van der Waals surface area (Å²) in [5.74, 6) is -0.600. The lowest BCUT2D eigenvalue weighted by Gasteiger charge is -1.98. The lowest BCUT2D eigenvalue weighted by atomic mass is 10.1. The van der Waals surface area contributed by atoms with Crippen molar-refractivity contribution >= 4 is 12.0 Å². The summed E-state index contributed by atoms with van der Waals surface area (Å²) in [6, 6.07) is 2.40. The third kappa shape index (κ3) is 1.37. The Morgan fingerprint density at radius 1 is 1.50 bits per heavy atom. The Labute approximate surface area is 68.2 Å². The molecule has 12 heavy (non-hydrogen) atoms. The number of carbonyl (C=O) groups is 1. The Morgan fingerprint density at radius 3 is 2.67 bits per heavy atom. The molecule has 0 bridgehead atoms. The number of halogens is 1. The maximum absolute atomic E-state index is 12.9. The highest BCUT2D eigenvalue weighted by Gasteiger charge is 2.06. The van der Waals surface area contributed by atoms with Gasteiger partial charge in [-0.05, 0) is 29.8 Å². The molecule has 0 saturated carbocycles. The van der Waals surface area contributed by atoms with E-state index in [1.807, 2.05) is 0 Å². The second-order valence-corrected chi connectivity index (χ2v) is 2.38. The van der Waals surface area contributed by atoms with Crippen LogP contribution in [0.5, 0.6) is 0 Å². The minimum atomic E-state index is -0.600. The highest BCUT2D eigenvalue weighted by molar-refractivity contribution is 5.77. The molecule has 0 N–H and O–H groups in total. The van der Waals surface area contributed by atoms with Crippen molar-refractivity contribution in [2.24, 2.45) is 5.18 Å². The Balaban J connectivity index is 3.37. The molecule has 0 aliphatic heterocycles. The summed E-state index contributed by atoms with van der Waals surface area (Å²) in [7, 11) is 0. The summed E-state index contributed by atoms with van der Waals surface area (Å²) < 4.78 is 12.9. The zero-order valence-electron chi connectivity index (χ0n) is 6.37. The van der Waals surface area contributed by atoms with E-state index in [0.29, 0.717) is 6.29 Å². The zero-order chi connectivity index (χ0) is 9.14. The standard InChI is InChI=1S/C8H6FNO2/c1-5-2-7(10-12)3-6(4-11)8(5)9/h2-4H,1H3. The second kappa shape index (κ2) is 3.21. The van der Waals surface area contributed by atoms with Gasteiger partial charge < -0.3 is 0 Å². The van der Waals surface area contributed by atoms with Gasteiger partial charge in [0.05, 0.1) is 5.56 Å². The fourth-order valence-corrected chi connectivity index (χ4v) is 0.916. The van der Waals surface area contributed by atoms with Gasteiger partial charge in [0.1, 0.15) is 11.5 Å². The largest absolute Gasteiger partial charge is 0.298 e. The van der Waals surface area contributed by atoms with E-state index in [1.54, 1.807) is 0 Å². The van der Waals surface area contributed by atoms with E-state index in [0.717, 1.165) is 6.07 Å². The minimum absolute atomic E-state index is 0.0657. The molecule has 0 aromatic heterocycles. The molecule has 1 rings (SSSR count). The summed E-state index contributed by atoms with van der Waals surface area (Å²) in [5.41, 5.74) is 0.176. The van der Waals surface area contributed by atoms with Crippen LogP contribution < -0.4 is 0 Å². The van der Waals surface area contributed by atoms with E-state index in [2.05, 4.69) is 5.18 Å². The summed E-state index contributed by atoms with van der Waals surface area (Å²) in [4.78, 5) is 20.3. The third-order valence-corrected chi connectivity index (χ3v) is 1.50. The molecule has 0 fully saturated rings. The number of carbonyl (C=O) groups excluding carboxylic acids is 1. The Bertz CT molecular complexity index is 336. The monoisotopic (exact) mass is 167 g/mol. The van der Waals surface area contributed by atoms with Crippen LogP contribution in [0.1, 0.15) is 15.9 Å². The van der Waals surface area contributed by atoms with Gasteiger partial charge in [0.25, 0.3) is 0 Å².